The molecule has 0 aliphatic carbocycles. The van der Waals surface area contributed by atoms with Crippen LogP contribution in [0.1, 0.15) is 10.4 Å². The number of urea groups is 1. The molecule has 2 amide bonds. The number of halogens is 2. The first kappa shape index (κ1) is 14.8. The van der Waals surface area contributed by atoms with E-state index >= 15 is 0 Å². The van der Waals surface area contributed by atoms with Crippen molar-refractivity contribution in [3.8, 4) is 0 Å². The number of carbonyl (C=O) groups excluding carboxylic acids is 1. The van der Waals surface area contributed by atoms with E-state index in [2.05, 4.69) is 10.6 Å². The van der Waals surface area contributed by atoms with Crippen LogP contribution in [0.3, 0.4) is 0 Å². The average molecular weight is 309 g/mol. The molecular weight excluding hydrogens is 299 g/mol. The summed E-state index contributed by atoms with van der Waals surface area (Å²) in [7, 11) is 0. The summed E-state index contributed by atoms with van der Waals surface area (Å²) in [6, 6.07) is 9.22. The van der Waals surface area contributed by atoms with Gasteiger partial charge in [0.2, 0.25) is 0 Å². The van der Waals surface area contributed by atoms with Crippen LogP contribution in [0.15, 0.2) is 42.5 Å². The summed E-state index contributed by atoms with van der Waals surface area (Å²) in [5, 5.41) is 14.1. The standard InChI is InChI=1S/C14H10ClFN2O3/c15-8-2-1-3-9(6-8)17-14(21)18-10-4-5-11(13(19)20)12(16)7-10/h1-7H,(H,19,20)(H2,17,18,21). The average Bonchev–Trinajstić information content (AvgIpc) is 2.38. The van der Waals surface area contributed by atoms with E-state index in [1.807, 2.05) is 0 Å². The number of carbonyl (C=O) groups is 2. The van der Waals surface area contributed by atoms with E-state index in [4.69, 9.17) is 16.7 Å². The SMILES string of the molecule is O=C(Nc1cccc(Cl)c1)Nc1ccc(C(=O)O)c(F)c1. The van der Waals surface area contributed by atoms with Gasteiger partial charge in [-0.05, 0) is 36.4 Å². The fraction of sp³-hybridized carbons (Fsp3) is 0. The number of aromatic carboxylic acids is 1. The lowest BCUT2D eigenvalue weighted by atomic mass is 10.2. The maximum atomic E-state index is 13.5. The molecule has 0 atom stereocenters. The molecule has 0 fully saturated rings. The van der Waals surface area contributed by atoms with Crippen molar-refractivity contribution in [2.45, 2.75) is 0 Å². The zero-order valence-electron chi connectivity index (χ0n) is 10.6. The Balaban J connectivity index is 2.06. The Labute approximate surface area is 124 Å². The van der Waals surface area contributed by atoms with Gasteiger partial charge in [0.15, 0.2) is 0 Å². The molecule has 5 nitrogen and oxygen atoms in total. The smallest absolute Gasteiger partial charge is 0.338 e. The molecule has 2 aromatic rings. The Morgan fingerprint density at radius 2 is 1.71 bits per heavy atom. The molecule has 2 rings (SSSR count). The summed E-state index contributed by atoms with van der Waals surface area (Å²) in [4.78, 5) is 22.4. The molecular formula is C14H10ClFN2O3. The summed E-state index contributed by atoms with van der Waals surface area (Å²) in [6.45, 7) is 0. The van der Waals surface area contributed by atoms with Crippen LogP contribution in [0.5, 0.6) is 0 Å². The van der Waals surface area contributed by atoms with Crippen molar-refractivity contribution >= 4 is 35.0 Å². The first-order valence-electron chi connectivity index (χ1n) is 5.82. The van der Waals surface area contributed by atoms with Crippen molar-refractivity contribution in [2.24, 2.45) is 0 Å². The summed E-state index contributed by atoms with van der Waals surface area (Å²) < 4.78 is 13.5. The molecule has 7 heteroatoms. The molecule has 0 saturated heterocycles. The molecule has 108 valence electrons. The molecule has 2 aromatic carbocycles. The normalized spacial score (nSPS) is 10.0. The zero-order chi connectivity index (χ0) is 15.4. The number of hydrogen-bond donors (Lipinski definition) is 3. The van der Waals surface area contributed by atoms with Gasteiger partial charge >= 0.3 is 12.0 Å². The van der Waals surface area contributed by atoms with E-state index in [0.717, 1.165) is 12.1 Å². The highest BCUT2D eigenvalue weighted by Crippen LogP contribution is 2.17. The number of nitrogens with one attached hydrogen (secondary N) is 2. The van der Waals surface area contributed by atoms with E-state index in [-0.39, 0.29) is 5.69 Å². The fourth-order valence-electron chi connectivity index (χ4n) is 1.63. The maximum Gasteiger partial charge on any atom is 0.338 e. The zero-order valence-corrected chi connectivity index (χ0v) is 11.3. The van der Waals surface area contributed by atoms with Gasteiger partial charge in [-0.1, -0.05) is 17.7 Å². The van der Waals surface area contributed by atoms with E-state index in [0.29, 0.717) is 10.7 Å². The third-order valence-corrected chi connectivity index (χ3v) is 2.77. The molecule has 21 heavy (non-hydrogen) atoms. The molecule has 0 unspecified atom stereocenters. The first-order valence-corrected chi connectivity index (χ1v) is 6.20. The summed E-state index contributed by atoms with van der Waals surface area (Å²) >= 11 is 5.78. The lowest BCUT2D eigenvalue weighted by Gasteiger charge is -2.08. The number of amides is 2. The Morgan fingerprint density at radius 1 is 1.05 bits per heavy atom. The van der Waals surface area contributed by atoms with Crippen LogP contribution in [0.4, 0.5) is 20.6 Å². The van der Waals surface area contributed by atoms with Crippen molar-refractivity contribution in [3.05, 3.63) is 58.9 Å². The second-order valence-corrected chi connectivity index (χ2v) is 4.53. The molecule has 0 radical (unpaired) electrons. The minimum Gasteiger partial charge on any atom is -0.478 e. The van der Waals surface area contributed by atoms with Crippen LogP contribution in [-0.2, 0) is 0 Å². The van der Waals surface area contributed by atoms with Gasteiger partial charge < -0.3 is 15.7 Å². The molecule has 0 spiro atoms. The second-order valence-electron chi connectivity index (χ2n) is 4.09. The molecule has 3 N–H and O–H groups in total. The van der Waals surface area contributed by atoms with Crippen molar-refractivity contribution in [2.75, 3.05) is 10.6 Å². The van der Waals surface area contributed by atoms with Gasteiger partial charge in [0, 0.05) is 16.4 Å². The van der Waals surface area contributed by atoms with Gasteiger partial charge in [0.1, 0.15) is 5.82 Å². The van der Waals surface area contributed by atoms with E-state index in [1.165, 1.54) is 6.07 Å². The van der Waals surface area contributed by atoms with E-state index < -0.39 is 23.4 Å². The largest absolute Gasteiger partial charge is 0.478 e. The maximum absolute atomic E-state index is 13.5. The highest BCUT2D eigenvalue weighted by atomic mass is 35.5. The summed E-state index contributed by atoms with van der Waals surface area (Å²) in [5.74, 6) is -2.30. The predicted molar refractivity (Wildman–Crippen MR) is 77.5 cm³/mol. The van der Waals surface area contributed by atoms with Crippen LogP contribution in [-0.4, -0.2) is 17.1 Å². The Morgan fingerprint density at radius 3 is 2.29 bits per heavy atom. The molecule has 0 aromatic heterocycles. The first-order chi connectivity index (χ1) is 9.95. The molecule has 0 aliphatic heterocycles. The second kappa shape index (κ2) is 6.23. The topological polar surface area (TPSA) is 78.4 Å². The number of carboxylic acids is 1. The van der Waals surface area contributed by atoms with Crippen LogP contribution in [0.2, 0.25) is 5.02 Å². The minimum atomic E-state index is -1.37. The minimum absolute atomic E-state index is 0.136. The third kappa shape index (κ3) is 3.93. The van der Waals surface area contributed by atoms with Crippen LogP contribution in [0, 0.1) is 5.82 Å². The lowest BCUT2D eigenvalue weighted by molar-refractivity contribution is 0.0692. The Hall–Kier alpha value is -2.60. The van der Waals surface area contributed by atoms with Crippen LogP contribution in [0.25, 0.3) is 0 Å². The van der Waals surface area contributed by atoms with Crippen molar-refractivity contribution in [1.82, 2.24) is 0 Å². The number of anilines is 2. The summed E-state index contributed by atoms with van der Waals surface area (Å²) in [5.41, 5.74) is 0.149. The lowest BCUT2D eigenvalue weighted by Crippen LogP contribution is -2.19. The van der Waals surface area contributed by atoms with Gasteiger partial charge in [-0.15, -0.1) is 0 Å². The molecule has 0 heterocycles. The van der Waals surface area contributed by atoms with Crippen molar-refractivity contribution < 1.29 is 19.1 Å². The molecule has 0 aliphatic rings. The number of carboxylic acid groups (broad SMARTS) is 1. The molecule has 0 saturated carbocycles. The summed E-state index contributed by atoms with van der Waals surface area (Å²) in [6.07, 6.45) is 0. The van der Waals surface area contributed by atoms with Gasteiger partial charge in [-0.25, -0.2) is 14.0 Å². The highest BCUT2D eigenvalue weighted by Gasteiger charge is 2.11. The van der Waals surface area contributed by atoms with E-state index in [1.54, 1.807) is 24.3 Å². The fourth-order valence-corrected chi connectivity index (χ4v) is 1.82. The van der Waals surface area contributed by atoms with Crippen LogP contribution < -0.4 is 10.6 Å². The monoisotopic (exact) mass is 308 g/mol. The number of hydrogen-bond acceptors (Lipinski definition) is 2. The third-order valence-electron chi connectivity index (χ3n) is 2.54. The van der Waals surface area contributed by atoms with Crippen molar-refractivity contribution in [1.29, 1.82) is 0 Å². The predicted octanol–water partition coefficient (Wildman–Crippen LogP) is 3.82. The molecule has 0 bridgehead atoms. The van der Waals surface area contributed by atoms with Crippen LogP contribution >= 0.6 is 11.6 Å². The Bertz CT molecular complexity index is 706. The van der Waals surface area contributed by atoms with Crippen molar-refractivity contribution in [3.63, 3.8) is 0 Å². The number of rotatable bonds is 3. The van der Waals surface area contributed by atoms with Gasteiger partial charge in [-0.3, -0.25) is 0 Å². The van der Waals surface area contributed by atoms with Gasteiger partial charge in [0.05, 0.1) is 5.56 Å². The highest BCUT2D eigenvalue weighted by molar-refractivity contribution is 6.30. The Kier molecular flexibility index (Phi) is 4.39. The quantitative estimate of drug-likeness (QED) is 0.806. The number of benzene rings is 2. The van der Waals surface area contributed by atoms with Gasteiger partial charge in [0.25, 0.3) is 0 Å². The van der Waals surface area contributed by atoms with E-state index in [9.17, 15) is 14.0 Å². The van der Waals surface area contributed by atoms with Gasteiger partial charge in [-0.2, -0.15) is 0 Å².